The maximum absolute atomic E-state index is 14.7. The highest BCUT2D eigenvalue weighted by atomic mass is 35.5. The highest BCUT2D eigenvalue weighted by Gasteiger charge is 2.17. The van der Waals surface area contributed by atoms with E-state index in [1.54, 1.807) is 24.5 Å². The zero-order chi connectivity index (χ0) is 23.5. The maximum atomic E-state index is 14.7. The molecule has 1 aliphatic rings. The molecule has 1 fully saturated rings. The summed E-state index contributed by atoms with van der Waals surface area (Å²) < 4.78 is 27.1. The summed E-state index contributed by atoms with van der Waals surface area (Å²) in [6.45, 7) is 2.27. The summed E-state index contributed by atoms with van der Waals surface area (Å²) in [7, 11) is 0. The third-order valence-electron chi connectivity index (χ3n) is 5.13. The Hall–Kier alpha value is -3.85. The van der Waals surface area contributed by atoms with Gasteiger partial charge >= 0.3 is 0 Å². The standard InChI is InChI=1S/C22H18ClFN8O2/c23-16-3-13(7-25)4-17(24)22(16)32-18-5-20(26-8-14(18)9-30-32)31-21-6-19(28-12-29-21)27-10-15-11-33-1-2-34-15/h3-6,8-9,12,15H,1-2,10-11H2,(H2,26,27,28,29,31). The Bertz CT molecular complexity index is 1360. The van der Waals surface area contributed by atoms with Crippen molar-refractivity contribution < 1.29 is 13.9 Å². The van der Waals surface area contributed by atoms with Crippen molar-refractivity contribution in [3.8, 4) is 11.8 Å². The molecule has 0 spiro atoms. The molecule has 0 saturated carbocycles. The topological polar surface area (TPSA) is 123 Å². The van der Waals surface area contributed by atoms with Crippen molar-refractivity contribution in [2.75, 3.05) is 37.0 Å². The van der Waals surface area contributed by atoms with Crippen LogP contribution in [0.25, 0.3) is 16.6 Å². The van der Waals surface area contributed by atoms with Gasteiger partial charge in [-0.1, -0.05) is 11.6 Å². The first-order valence-electron chi connectivity index (χ1n) is 10.4. The fourth-order valence-electron chi connectivity index (χ4n) is 3.53. The van der Waals surface area contributed by atoms with Gasteiger partial charge in [0.1, 0.15) is 29.5 Å². The van der Waals surface area contributed by atoms with Crippen LogP contribution in [0.15, 0.2) is 43.0 Å². The second kappa shape index (κ2) is 9.56. The summed E-state index contributed by atoms with van der Waals surface area (Å²) in [5.74, 6) is 0.940. The summed E-state index contributed by atoms with van der Waals surface area (Å²) in [6, 6.07) is 7.85. The molecule has 1 atom stereocenters. The first kappa shape index (κ1) is 22.0. The molecule has 1 aromatic carbocycles. The largest absolute Gasteiger partial charge is 0.376 e. The van der Waals surface area contributed by atoms with E-state index in [0.717, 1.165) is 6.07 Å². The Morgan fingerprint density at radius 3 is 2.76 bits per heavy atom. The summed E-state index contributed by atoms with van der Waals surface area (Å²) in [5, 5.41) is 20.4. The van der Waals surface area contributed by atoms with Gasteiger partial charge in [0.2, 0.25) is 0 Å². The zero-order valence-electron chi connectivity index (χ0n) is 17.7. The number of rotatable bonds is 6. The van der Waals surface area contributed by atoms with E-state index in [9.17, 15) is 4.39 Å². The highest BCUT2D eigenvalue weighted by Crippen LogP contribution is 2.29. The van der Waals surface area contributed by atoms with Crippen molar-refractivity contribution in [2.45, 2.75) is 6.10 Å². The molecule has 5 rings (SSSR count). The number of nitrogens with one attached hydrogen (secondary N) is 2. The molecule has 0 bridgehead atoms. The summed E-state index contributed by atoms with van der Waals surface area (Å²) in [5.41, 5.74) is 0.752. The second-order valence-corrected chi connectivity index (χ2v) is 7.85. The molecule has 0 amide bonds. The van der Waals surface area contributed by atoms with Crippen LogP contribution in [0, 0.1) is 17.1 Å². The van der Waals surface area contributed by atoms with Gasteiger partial charge in [-0.25, -0.2) is 24.0 Å². The third-order valence-corrected chi connectivity index (χ3v) is 5.42. The number of hydrogen-bond donors (Lipinski definition) is 2. The fraction of sp³-hybridized carbons (Fsp3) is 0.227. The van der Waals surface area contributed by atoms with Crippen LogP contribution in [-0.2, 0) is 9.47 Å². The SMILES string of the molecule is N#Cc1cc(F)c(-n2ncc3cnc(Nc4cc(NCC5COCCO5)ncn4)cc32)c(Cl)c1. The fourth-order valence-corrected chi connectivity index (χ4v) is 3.81. The molecule has 0 radical (unpaired) electrons. The van der Waals surface area contributed by atoms with E-state index < -0.39 is 5.82 Å². The van der Waals surface area contributed by atoms with E-state index in [0.29, 0.717) is 54.7 Å². The number of anilines is 3. The first-order chi connectivity index (χ1) is 16.6. The molecule has 4 heterocycles. The van der Waals surface area contributed by atoms with Gasteiger partial charge in [0.05, 0.1) is 54.3 Å². The molecule has 3 aromatic heterocycles. The Morgan fingerprint density at radius 2 is 1.97 bits per heavy atom. The second-order valence-electron chi connectivity index (χ2n) is 7.45. The van der Waals surface area contributed by atoms with E-state index in [-0.39, 0.29) is 22.4 Å². The van der Waals surface area contributed by atoms with Gasteiger partial charge in [0.15, 0.2) is 5.82 Å². The maximum Gasteiger partial charge on any atom is 0.151 e. The lowest BCUT2D eigenvalue weighted by atomic mass is 10.2. The molecule has 172 valence electrons. The Morgan fingerprint density at radius 1 is 1.12 bits per heavy atom. The Kier molecular flexibility index (Phi) is 6.18. The van der Waals surface area contributed by atoms with Gasteiger partial charge < -0.3 is 20.1 Å². The van der Waals surface area contributed by atoms with Crippen molar-refractivity contribution >= 4 is 40.0 Å². The number of fused-ring (bicyclic) bond motifs is 1. The molecular weight excluding hydrogens is 463 g/mol. The van der Waals surface area contributed by atoms with E-state index >= 15 is 0 Å². The molecule has 10 nitrogen and oxygen atoms in total. The van der Waals surface area contributed by atoms with Crippen LogP contribution < -0.4 is 10.6 Å². The van der Waals surface area contributed by atoms with Crippen LogP contribution in [0.1, 0.15) is 5.56 Å². The number of halogens is 2. The van der Waals surface area contributed by atoms with Gasteiger partial charge in [-0.05, 0) is 12.1 Å². The lowest BCUT2D eigenvalue weighted by Crippen LogP contribution is -2.34. The van der Waals surface area contributed by atoms with Crippen molar-refractivity contribution in [3.05, 3.63) is 59.4 Å². The molecule has 34 heavy (non-hydrogen) atoms. The Labute approximate surface area is 198 Å². The van der Waals surface area contributed by atoms with Crippen LogP contribution in [0.4, 0.5) is 21.8 Å². The highest BCUT2D eigenvalue weighted by molar-refractivity contribution is 6.32. The van der Waals surface area contributed by atoms with Gasteiger partial charge in [-0.15, -0.1) is 0 Å². The lowest BCUT2D eigenvalue weighted by Gasteiger charge is -2.23. The minimum atomic E-state index is -0.653. The van der Waals surface area contributed by atoms with E-state index in [1.807, 2.05) is 6.07 Å². The number of pyridine rings is 1. The van der Waals surface area contributed by atoms with Gasteiger partial charge in [-0.2, -0.15) is 10.4 Å². The van der Waals surface area contributed by atoms with Gasteiger partial charge in [-0.3, -0.25) is 0 Å². The quantitative estimate of drug-likeness (QED) is 0.427. The molecule has 4 aromatic rings. The third kappa shape index (κ3) is 4.60. The smallest absolute Gasteiger partial charge is 0.151 e. The number of aromatic nitrogens is 5. The molecular formula is C22H18ClFN8O2. The van der Waals surface area contributed by atoms with Crippen molar-refractivity contribution in [2.24, 2.45) is 0 Å². The van der Waals surface area contributed by atoms with Crippen molar-refractivity contribution in [3.63, 3.8) is 0 Å². The predicted molar refractivity (Wildman–Crippen MR) is 123 cm³/mol. The zero-order valence-corrected chi connectivity index (χ0v) is 18.5. The van der Waals surface area contributed by atoms with Crippen molar-refractivity contribution in [1.29, 1.82) is 5.26 Å². The number of nitrogens with zero attached hydrogens (tertiary/aromatic N) is 6. The normalized spacial score (nSPS) is 15.7. The summed E-state index contributed by atoms with van der Waals surface area (Å²) in [4.78, 5) is 12.8. The van der Waals surface area contributed by atoms with Crippen LogP contribution in [-0.4, -0.2) is 57.2 Å². The average Bonchev–Trinajstić information content (AvgIpc) is 3.26. The van der Waals surface area contributed by atoms with Crippen LogP contribution in [0.5, 0.6) is 0 Å². The van der Waals surface area contributed by atoms with E-state index in [1.165, 1.54) is 17.1 Å². The minimum absolute atomic E-state index is 0.0427. The number of ether oxygens (including phenoxy) is 2. The molecule has 0 aliphatic carbocycles. The monoisotopic (exact) mass is 480 g/mol. The summed E-state index contributed by atoms with van der Waals surface area (Å²) in [6.07, 6.45) is 4.55. The first-order valence-corrected chi connectivity index (χ1v) is 10.7. The number of nitriles is 1. The van der Waals surface area contributed by atoms with Crippen LogP contribution in [0.2, 0.25) is 5.02 Å². The van der Waals surface area contributed by atoms with Gasteiger partial charge in [0.25, 0.3) is 0 Å². The molecule has 1 unspecified atom stereocenters. The molecule has 1 saturated heterocycles. The number of benzene rings is 1. The van der Waals surface area contributed by atoms with E-state index in [4.69, 9.17) is 26.3 Å². The van der Waals surface area contributed by atoms with Crippen LogP contribution >= 0.6 is 11.6 Å². The predicted octanol–water partition coefficient (Wildman–Crippen LogP) is 3.45. The average molecular weight is 481 g/mol. The molecule has 1 aliphatic heterocycles. The Balaban J connectivity index is 1.38. The van der Waals surface area contributed by atoms with Gasteiger partial charge in [0, 0.05) is 30.3 Å². The summed E-state index contributed by atoms with van der Waals surface area (Å²) >= 11 is 6.25. The van der Waals surface area contributed by atoms with Crippen LogP contribution in [0.3, 0.4) is 0 Å². The number of hydrogen-bond acceptors (Lipinski definition) is 9. The molecule has 2 N–H and O–H groups in total. The minimum Gasteiger partial charge on any atom is -0.376 e. The van der Waals surface area contributed by atoms with E-state index in [2.05, 4.69) is 30.7 Å². The molecule has 12 heteroatoms. The van der Waals surface area contributed by atoms with Crippen molar-refractivity contribution in [1.82, 2.24) is 24.7 Å². The lowest BCUT2D eigenvalue weighted by molar-refractivity contribution is -0.0819.